The van der Waals surface area contributed by atoms with Gasteiger partial charge in [-0.2, -0.15) is 0 Å². The van der Waals surface area contributed by atoms with Gasteiger partial charge in [0.15, 0.2) is 0 Å². The lowest BCUT2D eigenvalue weighted by Crippen LogP contribution is -2.28. The van der Waals surface area contributed by atoms with E-state index >= 15 is 0 Å². The maximum atomic E-state index is 13.2. The molecule has 1 aliphatic heterocycles. The topological polar surface area (TPSA) is 12.0 Å². The van der Waals surface area contributed by atoms with Crippen LogP contribution in [-0.4, -0.2) is 13.1 Å². The van der Waals surface area contributed by atoms with E-state index in [1.807, 2.05) is 6.07 Å². The molecule has 1 saturated heterocycles. The highest BCUT2D eigenvalue weighted by atomic mass is 79.9. The number of benzene rings is 1. The van der Waals surface area contributed by atoms with Gasteiger partial charge in [-0.15, -0.1) is 0 Å². The minimum atomic E-state index is -0.905. The molecule has 2 rings (SSSR count). The van der Waals surface area contributed by atoms with E-state index in [1.54, 1.807) is 6.92 Å². The molecule has 94 valence electrons. The van der Waals surface area contributed by atoms with Crippen molar-refractivity contribution in [1.29, 1.82) is 0 Å². The van der Waals surface area contributed by atoms with Crippen LogP contribution in [0.25, 0.3) is 0 Å². The van der Waals surface area contributed by atoms with Gasteiger partial charge in [-0.1, -0.05) is 28.1 Å². The molecule has 17 heavy (non-hydrogen) atoms. The van der Waals surface area contributed by atoms with Crippen molar-refractivity contribution in [3.8, 4) is 0 Å². The lowest BCUT2D eigenvalue weighted by atomic mass is 9.90. The fourth-order valence-electron chi connectivity index (χ4n) is 2.44. The average molecular weight is 300 g/mol. The van der Waals surface area contributed by atoms with Crippen LogP contribution in [0.4, 0.5) is 4.39 Å². The van der Waals surface area contributed by atoms with Crippen LogP contribution in [0, 0.1) is 5.92 Å². The number of alkyl halides is 1. The summed E-state index contributed by atoms with van der Waals surface area (Å²) in [7, 11) is 0. The molecule has 1 aliphatic rings. The van der Waals surface area contributed by atoms with E-state index in [0.29, 0.717) is 0 Å². The van der Waals surface area contributed by atoms with Crippen LogP contribution in [0.2, 0.25) is 0 Å². The van der Waals surface area contributed by atoms with Gasteiger partial charge in [0.1, 0.15) is 6.17 Å². The molecule has 1 nitrogen and oxygen atoms in total. The SMILES string of the molecule is CC(F)c1ccc(CC2CCNCC2)cc1Br. The molecule has 0 radical (unpaired) electrons. The van der Waals surface area contributed by atoms with Crippen LogP contribution in [0.15, 0.2) is 22.7 Å². The van der Waals surface area contributed by atoms with Crippen molar-refractivity contribution in [2.75, 3.05) is 13.1 Å². The summed E-state index contributed by atoms with van der Waals surface area (Å²) in [5.74, 6) is 0.775. The van der Waals surface area contributed by atoms with Crippen molar-refractivity contribution in [1.82, 2.24) is 5.32 Å². The first-order valence-electron chi connectivity index (χ1n) is 6.30. The Hall–Kier alpha value is -0.410. The second-order valence-corrected chi connectivity index (χ2v) is 5.72. The average Bonchev–Trinajstić information content (AvgIpc) is 2.30. The minimum Gasteiger partial charge on any atom is -0.317 e. The fourth-order valence-corrected chi connectivity index (χ4v) is 3.18. The van der Waals surface area contributed by atoms with Crippen LogP contribution in [0.5, 0.6) is 0 Å². The third-order valence-corrected chi connectivity index (χ3v) is 4.16. The van der Waals surface area contributed by atoms with E-state index < -0.39 is 6.17 Å². The Morgan fingerprint density at radius 3 is 2.71 bits per heavy atom. The summed E-state index contributed by atoms with van der Waals surface area (Å²) in [6.45, 7) is 3.84. The molecule has 0 aliphatic carbocycles. The summed E-state index contributed by atoms with van der Waals surface area (Å²) < 4.78 is 14.1. The van der Waals surface area contributed by atoms with Crippen LogP contribution < -0.4 is 5.32 Å². The third-order valence-electron chi connectivity index (χ3n) is 3.48. The van der Waals surface area contributed by atoms with Crippen molar-refractivity contribution < 1.29 is 4.39 Å². The lowest BCUT2D eigenvalue weighted by Gasteiger charge is -2.22. The summed E-state index contributed by atoms with van der Waals surface area (Å²) in [6.07, 6.45) is 2.70. The van der Waals surface area contributed by atoms with Crippen molar-refractivity contribution in [2.24, 2.45) is 5.92 Å². The normalized spacial score (nSPS) is 19.2. The molecule has 1 aromatic rings. The lowest BCUT2D eigenvalue weighted by molar-refractivity contribution is 0.369. The Kier molecular flexibility index (Phi) is 4.57. The smallest absolute Gasteiger partial charge is 0.123 e. The number of rotatable bonds is 3. The van der Waals surface area contributed by atoms with Crippen LogP contribution >= 0.6 is 15.9 Å². The molecule has 1 N–H and O–H groups in total. The van der Waals surface area contributed by atoms with Gasteiger partial charge in [0, 0.05) is 4.47 Å². The van der Waals surface area contributed by atoms with Gasteiger partial charge in [-0.25, -0.2) is 4.39 Å². The molecular formula is C14H19BrFN. The van der Waals surface area contributed by atoms with Gasteiger partial charge in [0.2, 0.25) is 0 Å². The van der Waals surface area contributed by atoms with E-state index in [0.717, 1.165) is 35.5 Å². The van der Waals surface area contributed by atoms with Crippen molar-refractivity contribution in [3.05, 3.63) is 33.8 Å². The number of hydrogen-bond donors (Lipinski definition) is 1. The molecule has 1 aromatic carbocycles. The summed E-state index contributed by atoms with van der Waals surface area (Å²) in [5.41, 5.74) is 2.06. The van der Waals surface area contributed by atoms with E-state index in [9.17, 15) is 4.39 Å². The molecule has 0 saturated carbocycles. The highest BCUT2D eigenvalue weighted by Gasteiger charge is 2.15. The van der Waals surface area contributed by atoms with E-state index in [2.05, 4.69) is 33.4 Å². The van der Waals surface area contributed by atoms with Gasteiger partial charge < -0.3 is 5.32 Å². The monoisotopic (exact) mass is 299 g/mol. The molecule has 1 fully saturated rings. The Balaban J connectivity index is 2.04. The molecule has 0 amide bonds. The highest BCUT2D eigenvalue weighted by Crippen LogP contribution is 2.28. The van der Waals surface area contributed by atoms with Crippen molar-refractivity contribution in [2.45, 2.75) is 32.4 Å². The summed E-state index contributed by atoms with van der Waals surface area (Å²) in [5, 5.41) is 3.38. The quantitative estimate of drug-likeness (QED) is 0.889. The second kappa shape index (κ2) is 5.96. The van der Waals surface area contributed by atoms with E-state index in [4.69, 9.17) is 0 Å². The maximum absolute atomic E-state index is 13.2. The zero-order chi connectivity index (χ0) is 12.3. The zero-order valence-electron chi connectivity index (χ0n) is 10.2. The van der Waals surface area contributed by atoms with Crippen molar-refractivity contribution >= 4 is 15.9 Å². The molecule has 0 bridgehead atoms. The first-order valence-corrected chi connectivity index (χ1v) is 7.09. The zero-order valence-corrected chi connectivity index (χ0v) is 11.8. The van der Waals surface area contributed by atoms with Crippen LogP contribution in [-0.2, 0) is 6.42 Å². The minimum absolute atomic E-state index is 0.749. The molecule has 1 heterocycles. The number of nitrogens with one attached hydrogen (secondary N) is 1. The summed E-state index contributed by atoms with van der Waals surface area (Å²) in [6, 6.07) is 6.05. The molecule has 0 aromatic heterocycles. The summed E-state index contributed by atoms with van der Waals surface area (Å²) in [4.78, 5) is 0. The molecule has 1 unspecified atom stereocenters. The van der Waals surface area contributed by atoms with Gasteiger partial charge in [-0.3, -0.25) is 0 Å². The Morgan fingerprint density at radius 1 is 1.41 bits per heavy atom. The number of halogens is 2. The first kappa shape index (κ1) is 13.0. The van der Waals surface area contributed by atoms with Crippen LogP contribution in [0.1, 0.15) is 37.1 Å². The molecular weight excluding hydrogens is 281 g/mol. The van der Waals surface area contributed by atoms with Gasteiger partial charge in [0.25, 0.3) is 0 Å². The number of piperidine rings is 1. The van der Waals surface area contributed by atoms with E-state index in [-0.39, 0.29) is 0 Å². The molecule has 0 spiro atoms. The van der Waals surface area contributed by atoms with Crippen molar-refractivity contribution in [3.63, 3.8) is 0 Å². The third kappa shape index (κ3) is 3.52. The largest absolute Gasteiger partial charge is 0.317 e. The Bertz CT molecular complexity index is 372. The predicted octanol–water partition coefficient (Wildman–Crippen LogP) is 4.02. The van der Waals surface area contributed by atoms with Gasteiger partial charge >= 0.3 is 0 Å². The fraction of sp³-hybridized carbons (Fsp3) is 0.571. The molecule has 3 heteroatoms. The van der Waals surface area contributed by atoms with Gasteiger partial charge in [0.05, 0.1) is 0 Å². The Labute approximate surface area is 111 Å². The van der Waals surface area contributed by atoms with Gasteiger partial charge in [-0.05, 0) is 62.4 Å². The van der Waals surface area contributed by atoms with Crippen LogP contribution in [0.3, 0.4) is 0 Å². The molecule has 1 atom stereocenters. The highest BCUT2D eigenvalue weighted by molar-refractivity contribution is 9.10. The summed E-state index contributed by atoms with van der Waals surface area (Å²) >= 11 is 3.46. The van der Waals surface area contributed by atoms with E-state index in [1.165, 1.54) is 18.4 Å². The Morgan fingerprint density at radius 2 is 2.12 bits per heavy atom. The number of hydrogen-bond acceptors (Lipinski definition) is 1. The second-order valence-electron chi connectivity index (χ2n) is 4.87. The maximum Gasteiger partial charge on any atom is 0.123 e. The standard InChI is InChI=1S/C14H19BrFN/c1-10(16)13-3-2-12(9-14(13)15)8-11-4-6-17-7-5-11/h2-3,9-11,17H,4-8H2,1H3. The first-order chi connectivity index (χ1) is 8.16. The predicted molar refractivity (Wildman–Crippen MR) is 73.0 cm³/mol.